The Morgan fingerprint density at radius 3 is 1.16 bits per heavy atom. The predicted molar refractivity (Wildman–Crippen MR) is 238 cm³/mol. The van der Waals surface area contributed by atoms with Crippen LogP contribution in [0.5, 0.6) is 0 Å². The number of aryl methyl sites for hydroxylation is 4. The number of pyridine rings is 1. The van der Waals surface area contributed by atoms with Gasteiger partial charge in [0, 0.05) is 0 Å². The molecular formula is C48H71Cl3N3Pd-3. The molecule has 7 heteroatoms. The summed E-state index contributed by atoms with van der Waals surface area (Å²) in [4.78, 5) is 4.82. The van der Waals surface area contributed by atoms with Crippen LogP contribution in [0.4, 0.5) is 0 Å². The molecule has 0 atom stereocenters. The average molecular weight is 903 g/mol. The summed E-state index contributed by atoms with van der Waals surface area (Å²) in [7, 11) is 15.9. The fourth-order valence-corrected chi connectivity index (χ4v) is 13.9. The third-order valence-electron chi connectivity index (χ3n) is 10.6. The minimum absolute atomic E-state index is 0.524. The first-order valence-electron chi connectivity index (χ1n) is 21.3. The van der Waals surface area contributed by atoms with Crippen molar-refractivity contribution in [1.82, 2.24) is 14.1 Å². The molecular weight excluding hydrogens is 831 g/mol. The van der Waals surface area contributed by atoms with Crippen LogP contribution in [-0.2, 0) is 38.7 Å². The van der Waals surface area contributed by atoms with Gasteiger partial charge in [-0.2, -0.15) is 0 Å². The van der Waals surface area contributed by atoms with Crippen LogP contribution in [0, 0.1) is 27.6 Å². The van der Waals surface area contributed by atoms with E-state index in [1.54, 1.807) is 6.20 Å². The van der Waals surface area contributed by atoms with Gasteiger partial charge in [0.05, 0.1) is 0 Å². The number of imidazole rings is 1. The minimum atomic E-state index is -3.74. The van der Waals surface area contributed by atoms with Crippen molar-refractivity contribution in [3.8, 4) is 11.4 Å². The molecule has 0 bridgehead atoms. The van der Waals surface area contributed by atoms with Crippen LogP contribution in [0.1, 0.15) is 155 Å². The monoisotopic (exact) mass is 900 g/mol. The zero-order valence-corrected chi connectivity index (χ0v) is 39.1. The molecule has 0 spiro atoms. The Kier molecular flexibility index (Phi) is 19.3. The summed E-state index contributed by atoms with van der Waals surface area (Å²) in [6.07, 6.45) is 24.7. The number of para-hydroxylation sites is 2. The van der Waals surface area contributed by atoms with E-state index in [4.69, 9.17) is 35.6 Å². The summed E-state index contributed by atoms with van der Waals surface area (Å²) in [5, 5.41) is 0.524. The molecule has 0 unspecified atom stereocenters. The molecule has 2 heterocycles. The van der Waals surface area contributed by atoms with E-state index in [2.05, 4.69) is 113 Å². The van der Waals surface area contributed by atoms with Gasteiger partial charge < -0.3 is 0 Å². The fraction of sp³-hybridized carbons (Fsp3) is 0.583. The fourth-order valence-electron chi connectivity index (χ4n) is 7.63. The number of hydrogen-bond donors (Lipinski definition) is 0. The molecule has 0 N–H and O–H groups in total. The quantitative estimate of drug-likeness (QED) is 0.0537. The summed E-state index contributed by atoms with van der Waals surface area (Å²) in [6, 6.07) is 17.6. The molecule has 3 nitrogen and oxygen atoms in total. The predicted octanol–water partition coefficient (Wildman–Crippen LogP) is 15.1. The molecule has 4 rings (SSSR count). The van der Waals surface area contributed by atoms with Gasteiger partial charge in [-0.1, -0.05) is 0 Å². The van der Waals surface area contributed by atoms with Crippen molar-refractivity contribution in [1.29, 1.82) is 0 Å². The maximum absolute atomic E-state index is 7.93. The van der Waals surface area contributed by atoms with E-state index >= 15 is 0 Å². The molecule has 4 aromatic rings. The summed E-state index contributed by atoms with van der Waals surface area (Å²) in [6.45, 7) is 18.6. The second-order valence-electron chi connectivity index (χ2n) is 17.3. The first-order valence-corrected chi connectivity index (χ1v) is 27.3. The standard InChI is InChI=1S/C43H68N2.C5H3ClN.2ClH.Pd/c1-34(2)19-9-13-23-38-27-17-28-39(24-14-10-20-35(3)4)42(38)44-31-32-45(33-44)43-40(25-15-11-21-36(5)6)29-18-30-41(43)26-16-12-22-37(7)8;6-5-2-1-3-7-4-5;;;/h17-18,27-32,34-37H,9-16,19-26H2,1-8H3;1-3H;2*1H;/q;;;;-1/p-2. The van der Waals surface area contributed by atoms with Gasteiger partial charge in [0.1, 0.15) is 0 Å². The number of hydrogen-bond acceptors (Lipinski definition) is 1. The van der Waals surface area contributed by atoms with E-state index in [1.807, 2.05) is 12.1 Å². The van der Waals surface area contributed by atoms with E-state index in [1.165, 1.54) is 85.0 Å². The number of rotatable bonds is 23. The first kappa shape index (κ1) is 46.0. The molecule has 0 fully saturated rings. The van der Waals surface area contributed by atoms with Crippen molar-refractivity contribution in [2.24, 2.45) is 23.7 Å². The van der Waals surface area contributed by atoms with Crippen LogP contribution in [0.3, 0.4) is 0 Å². The SMILES string of the molecule is CC(C)CCCCc1cccc(CCCCC(C)C)c1-n1ccn(-c2c(CCCCC(C)C)cccc2CCCCC(C)C)[c]1=[Pd-3]([Cl])([Cl])[c]1ncccc1Cl. The summed E-state index contributed by atoms with van der Waals surface area (Å²) in [5.74, 6) is 2.81. The van der Waals surface area contributed by atoms with Crippen LogP contribution >= 0.6 is 30.7 Å². The van der Waals surface area contributed by atoms with E-state index in [9.17, 15) is 0 Å². The number of halogens is 3. The van der Waals surface area contributed by atoms with Gasteiger partial charge in [0.2, 0.25) is 0 Å². The van der Waals surface area contributed by atoms with Gasteiger partial charge in [0.15, 0.2) is 0 Å². The normalized spacial score (nSPS) is 12.6. The third-order valence-corrected chi connectivity index (χ3v) is 16.9. The Morgan fingerprint density at radius 2 is 0.855 bits per heavy atom. The second-order valence-corrected chi connectivity index (χ2v) is 25.9. The number of aromatic nitrogens is 3. The molecule has 2 aromatic carbocycles. The molecule has 0 aliphatic rings. The van der Waals surface area contributed by atoms with E-state index in [-0.39, 0.29) is 0 Å². The molecule has 0 radical (unpaired) electrons. The van der Waals surface area contributed by atoms with Crippen molar-refractivity contribution >= 4 is 34.8 Å². The van der Waals surface area contributed by atoms with Gasteiger partial charge in [0.25, 0.3) is 0 Å². The van der Waals surface area contributed by atoms with Crippen LogP contribution in [0.2, 0.25) is 5.02 Å². The zero-order chi connectivity index (χ0) is 40.0. The molecule has 55 heavy (non-hydrogen) atoms. The maximum atomic E-state index is 7.93. The Labute approximate surface area is 351 Å². The van der Waals surface area contributed by atoms with Crippen molar-refractivity contribution < 1.29 is 13.0 Å². The number of nitrogens with zero attached hydrogens (tertiary/aromatic N) is 3. The van der Waals surface area contributed by atoms with E-state index in [0.29, 0.717) is 32.9 Å². The Balaban J connectivity index is 2.03. The van der Waals surface area contributed by atoms with Crippen molar-refractivity contribution in [2.45, 2.75) is 158 Å². The van der Waals surface area contributed by atoms with E-state index in [0.717, 1.165) is 55.3 Å². The molecule has 0 aliphatic heterocycles. The topological polar surface area (TPSA) is 22.8 Å². The van der Waals surface area contributed by atoms with Crippen molar-refractivity contribution in [3.63, 3.8) is 0 Å². The first-order chi connectivity index (χ1) is 26.3. The van der Waals surface area contributed by atoms with Gasteiger partial charge >= 0.3 is 353 Å². The molecule has 0 amide bonds. The average Bonchev–Trinajstić information content (AvgIpc) is 3.57. The van der Waals surface area contributed by atoms with Crippen LogP contribution < -0.4 is 4.17 Å². The van der Waals surface area contributed by atoms with Gasteiger partial charge in [-0.05, 0) is 0 Å². The second kappa shape index (κ2) is 23.1. The van der Waals surface area contributed by atoms with Crippen molar-refractivity contribution in [2.75, 3.05) is 0 Å². The van der Waals surface area contributed by atoms with Crippen molar-refractivity contribution in [3.05, 3.63) is 98.3 Å². The van der Waals surface area contributed by atoms with Gasteiger partial charge in [-0.25, -0.2) is 0 Å². The van der Waals surface area contributed by atoms with Crippen LogP contribution in [0.25, 0.3) is 11.4 Å². The van der Waals surface area contributed by atoms with Gasteiger partial charge in [-0.15, -0.1) is 0 Å². The molecule has 0 saturated heterocycles. The summed E-state index contributed by atoms with van der Waals surface area (Å²) >= 11 is 3.23. The van der Waals surface area contributed by atoms with Crippen LogP contribution in [0.15, 0.2) is 67.1 Å². The summed E-state index contributed by atoms with van der Waals surface area (Å²) in [5.41, 5.74) is 7.92. The van der Waals surface area contributed by atoms with Gasteiger partial charge in [-0.3, -0.25) is 0 Å². The molecule has 2 aromatic heterocycles. The molecule has 0 aliphatic carbocycles. The molecule has 0 saturated carbocycles. The third kappa shape index (κ3) is 13.7. The summed E-state index contributed by atoms with van der Waals surface area (Å²) < 4.78 is 6.25. The number of benzene rings is 2. The zero-order valence-electron chi connectivity index (χ0n) is 35.3. The Morgan fingerprint density at radius 1 is 0.509 bits per heavy atom. The van der Waals surface area contributed by atoms with Crippen LogP contribution in [-0.4, -0.2) is 14.1 Å². The Hall–Kier alpha value is -1.67. The molecule has 312 valence electrons. The Bertz CT molecular complexity index is 1680. The van der Waals surface area contributed by atoms with E-state index < -0.39 is 13.0 Å². The number of unbranched alkanes of at least 4 members (excludes halogenated alkanes) is 4.